The second-order valence-electron chi connectivity index (χ2n) is 6.22. The molecule has 0 saturated heterocycles. The zero-order valence-corrected chi connectivity index (χ0v) is 16.2. The van der Waals surface area contributed by atoms with Crippen LogP contribution in [-0.2, 0) is 13.5 Å². The predicted octanol–water partition coefficient (Wildman–Crippen LogP) is 2.88. The van der Waals surface area contributed by atoms with Crippen molar-refractivity contribution in [3.8, 4) is 5.69 Å². The SMILES string of the molecule is CC(O)c1ccc(Cc2c(Cl)cc(-n3ncc(=O)n(C)c3=O)cc2Cl)cc1. The molecule has 0 fully saturated rings. The van der Waals surface area contributed by atoms with Crippen molar-refractivity contribution in [3.05, 3.63) is 90.2 Å². The maximum Gasteiger partial charge on any atom is 0.351 e. The van der Waals surface area contributed by atoms with Crippen LogP contribution in [0.15, 0.2) is 52.2 Å². The number of rotatable bonds is 4. The van der Waals surface area contributed by atoms with E-state index in [-0.39, 0.29) is 0 Å². The molecule has 0 amide bonds. The summed E-state index contributed by atoms with van der Waals surface area (Å²) in [7, 11) is 1.37. The first-order valence-corrected chi connectivity index (χ1v) is 8.94. The van der Waals surface area contributed by atoms with Crippen molar-refractivity contribution in [3.63, 3.8) is 0 Å². The molecule has 0 saturated carbocycles. The first-order chi connectivity index (χ1) is 12.8. The molecule has 1 atom stereocenters. The maximum absolute atomic E-state index is 12.2. The molecule has 27 heavy (non-hydrogen) atoms. The third-order valence-electron chi connectivity index (χ3n) is 4.30. The Morgan fingerprint density at radius 1 is 1.11 bits per heavy atom. The topological polar surface area (TPSA) is 77.1 Å². The lowest BCUT2D eigenvalue weighted by Gasteiger charge is -2.12. The summed E-state index contributed by atoms with van der Waals surface area (Å²) in [5.41, 5.74) is 1.81. The average Bonchev–Trinajstić information content (AvgIpc) is 2.63. The van der Waals surface area contributed by atoms with E-state index in [4.69, 9.17) is 23.2 Å². The molecule has 6 nitrogen and oxygen atoms in total. The Labute approximate surface area is 165 Å². The van der Waals surface area contributed by atoms with Gasteiger partial charge in [0.25, 0.3) is 5.56 Å². The van der Waals surface area contributed by atoms with Crippen LogP contribution in [0.4, 0.5) is 0 Å². The van der Waals surface area contributed by atoms with Gasteiger partial charge in [0.05, 0.1) is 11.8 Å². The average molecular weight is 406 g/mol. The molecule has 140 valence electrons. The first kappa shape index (κ1) is 19.4. The van der Waals surface area contributed by atoms with E-state index in [0.29, 0.717) is 27.7 Å². The van der Waals surface area contributed by atoms with Gasteiger partial charge in [0.1, 0.15) is 6.20 Å². The van der Waals surface area contributed by atoms with Gasteiger partial charge in [-0.05, 0) is 35.7 Å². The number of aliphatic hydroxyl groups is 1. The van der Waals surface area contributed by atoms with Crippen LogP contribution in [0.5, 0.6) is 0 Å². The van der Waals surface area contributed by atoms with Crippen molar-refractivity contribution >= 4 is 23.2 Å². The molecule has 0 spiro atoms. The summed E-state index contributed by atoms with van der Waals surface area (Å²) in [5, 5.41) is 14.2. The zero-order chi connectivity index (χ0) is 19.7. The first-order valence-electron chi connectivity index (χ1n) is 8.18. The Hall–Kier alpha value is -2.41. The monoisotopic (exact) mass is 405 g/mol. The van der Waals surface area contributed by atoms with E-state index < -0.39 is 17.4 Å². The lowest BCUT2D eigenvalue weighted by molar-refractivity contribution is 0.199. The highest BCUT2D eigenvalue weighted by Gasteiger charge is 2.13. The van der Waals surface area contributed by atoms with Gasteiger partial charge in [0.15, 0.2) is 0 Å². The van der Waals surface area contributed by atoms with E-state index in [0.717, 1.165) is 26.6 Å². The van der Waals surface area contributed by atoms with Crippen molar-refractivity contribution in [2.45, 2.75) is 19.4 Å². The van der Waals surface area contributed by atoms with Crippen LogP contribution >= 0.6 is 23.2 Å². The molecule has 0 radical (unpaired) electrons. The number of halogens is 2. The van der Waals surface area contributed by atoms with Crippen molar-refractivity contribution in [2.75, 3.05) is 0 Å². The smallest absolute Gasteiger partial charge is 0.351 e. The highest BCUT2D eigenvalue weighted by atomic mass is 35.5. The van der Waals surface area contributed by atoms with Crippen molar-refractivity contribution in [1.82, 2.24) is 14.3 Å². The van der Waals surface area contributed by atoms with E-state index in [1.165, 1.54) is 7.05 Å². The van der Waals surface area contributed by atoms with E-state index in [1.807, 2.05) is 24.3 Å². The summed E-state index contributed by atoms with van der Waals surface area (Å²) in [6.45, 7) is 1.71. The van der Waals surface area contributed by atoms with Gasteiger partial charge in [-0.1, -0.05) is 47.5 Å². The Kier molecular flexibility index (Phi) is 5.51. The lowest BCUT2D eigenvalue weighted by atomic mass is 10.0. The van der Waals surface area contributed by atoms with Gasteiger partial charge in [0.2, 0.25) is 0 Å². The van der Waals surface area contributed by atoms with Crippen LogP contribution in [0.3, 0.4) is 0 Å². The number of aliphatic hydroxyl groups excluding tert-OH is 1. The summed E-state index contributed by atoms with van der Waals surface area (Å²) in [6, 6.07) is 10.7. The van der Waals surface area contributed by atoms with Crippen LogP contribution < -0.4 is 11.2 Å². The molecule has 8 heteroatoms. The molecule has 1 N–H and O–H groups in total. The van der Waals surface area contributed by atoms with Crippen molar-refractivity contribution < 1.29 is 5.11 Å². The highest BCUT2D eigenvalue weighted by Crippen LogP contribution is 2.30. The van der Waals surface area contributed by atoms with Crippen LogP contribution in [0.2, 0.25) is 10.0 Å². The number of benzene rings is 2. The molecular formula is C19H17Cl2N3O3. The molecule has 1 aromatic heterocycles. The van der Waals surface area contributed by atoms with E-state index in [1.54, 1.807) is 19.1 Å². The quantitative estimate of drug-likeness (QED) is 0.723. The second kappa shape index (κ2) is 7.68. The minimum absolute atomic E-state index is 0.374. The van der Waals surface area contributed by atoms with Gasteiger partial charge in [-0.25, -0.2) is 4.79 Å². The van der Waals surface area contributed by atoms with Crippen LogP contribution in [-0.4, -0.2) is 19.5 Å². The summed E-state index contributed by atoms with van der Waals surface area (Å²) < 4.78 is 2.02. The third-order valence-corrected chi connectivity index (χ3v) is 4.97. The number of hydrogen-bond acceptors (Lipinski definition) is 4. The van der Waals surface area contributed by atoms with Gasteiger partial charge in [-0.3, -0.25) is 9.36 Å². The highest BCUT2D eigenvalue weighted by molar-refractivity contribution is 6.36. The number of hydrogen-bond donors (Lipinski definition) is 1. The van der Waals surface area contributed by atoms with Gasteiger partial charge < -0.3 is 5.11 Å². The Morgan fingerprint density at radius 3 is 2.26 bits per heavy atom. The van der Waals surface area contributed by atoms with Crippen LogP contribution in [0.25, 0.3) is 5.69 Å². The minimum atomic E-state index is -0.587. The Balaban J connectivity index is 1.97. The molecule has 0 aliphatic heterocycles. The maximum atomic E-state index is 12.2. The Bertz CT molecular complexity index is 1080. The molecule has 2 aromatic carbocycles. The van der Waals surface area contributed by atoms with Gasteiger partial charge in [0, 0.05) is 23.5 Å². The number of nitrogens with zero attached hydrogens (tertiary/aromatic N) is 3. The molecule has 1 heterocycles. The fourth-order valence-corrected chi connectivity index (χ4v) is 3.26. The van der Waals surface area contributed by atoms with E-state index in [9.17, 15) is 14.7 Å². The number of aromatic nitrogens is 3. The van der Waals surface area contributed by atoms with E-state index in [2.05, 4.69) is 5.10 Å². The molecule has 1 unspecified atom stereocenters. The van der Waals surface area contributed by atoms with Crippen LogP contribution in [0.1, 0.15) is 29.7 Å². The van der Waals surface area contributed by atoms with Gasteiger partial charge >= 0.3 is 5.69 Å². The standard InChI is InChI=1S/C19H17Cl2N3O3/c1-11(25)13-5-3-12(4-6-13)7-15-16(20)8-14(9-17(15)21)24-19(27)23(2)18(26)10-22-24/h3-6,8-11,25H,7H2,1-2H3. The summed E-state index contributed by atoms with van der Waals surface area (Å²) in [4.78, 5) is 23.7. The van der Waals surface area contributed by atoms with Crippen molar-refractivity contribution in [1.29, 1.82) is 0 Å². The van der Waals surface area contributed by atoms with Crippen molar-refractivity contribution in [2.24, 2.45) is 7.05 Å². The van der Waals surface area contributed by atoms with Gasteiger partial charge in [-0.15, -0.1) is 0 Å². The fourth-order valence-electron chi connectivity index (χ4n) is 2.66. The van der Waals surface area contributed by atoms with Gasteiger partial charge in [-0.2, -0.15) is 9.78 Å². The largest absolute Gasteiger partial charge is 0.389 e. The van der Waals surface area contributed by atoms with Crippen LogP contribution in [0, 0.1) is 0 Å². The summed E-state index contributed by atoms with van der Waals surface area (Å²) >= 11 is 12.8. The normalized spacial score (nSPS) is 12.2. The minimum Gasteiger partial charge on any atom is -0.389 e. The molecular weight excluding hydrogens is 389 g/mol. The Morgan fingerprint density at radius 2 is 1.70 bits per heavy atom. The molecule has 3 rings (SSSR count). The van der Waals surface area contributed by atoms with E-state index >= 15 is 0 Å². The molecule has 3 aromatic rings. The molecule has 0 aliphatic carbocycles. The predicted molar refractivity (Wildman–Crippen MR) is 105 cm³/mol. The third kappa shape index (κ3) is 3.98. The zero-order valence-electron chi connectivity index (χ0n) is 14.7. The fraction of sp³-hybridized carbons (Fsp3) is 0.211. The lowest BCUT2D eigenvalue weighted by Crippen LogP contribution is -2.38. The molecule has 0 aliphatic rings. The summed E-state index contributed by atoms with van der Waals surface area (Å²) in [5.74, 6) is 0. The molecule has 0 bridgehead atoms. The summed E-state index contributed by atoms with van der Waals surface area (Å²) in [6.07, 6.45) is 1.02. The second-order valence-corrected chi connectivity index (χ2v) is 7.03.